The van der Waals surface area contributed by atoms with E-state index in [1.807, 2.05) is 0 Å². The summed E-state index contributed by atoms with van der Waals surface area (Å²) in [6.45, 7) is 1.89. The molecule has 0 aromatic heterocycles. The van der Waals surface area contributed by atoms with Crippen molar-refractivity contribution in [3.05, 3.63) is 24.3 Å². The van der Waals surface area contributed by atoms with E-state index >= 15 is 0 Å². The quantitative estimate of drug-likeness (QED) is 0.735. The average Bonchev–Trinajstić information content (AvgIpc) is 3.04. The number of aliphatic hydroxyl groups is 1. The van der Waals surface area contributed by atoms with Crippen molar-refractivity contribution >= 4 is 19.9 Å². The highest BCUT2D eigenvalue weighted by molar-refractivity contribution is 7.90. The number of hydrogen-bond acceptors (Lipinski definition) is 6. The van der Waals surface area contributed by atoms with Crippen LogP contribution in [0.5, 0.6) is 0 Å². The molecule has 2 saturated heterocycles. The predicted octanol–water partition coefficient (Wildman–Crippen LogP) is -0.707. The van der Waals surface area contributed by atoms with Crippen molar-refractivity contribution in [3.8, 4) is 0 Å². The topological polar surface area (TPSA) is 104 Å². The van der Waals surface area contributed by atoms with Gasteiger partial charge in [0, 0.05) is 31.3 Å². The maximum absolute atomic E-state index is 12.8. The number of aliphatic hydroxyl groups excluding tert-OH is 1. The first-order valence-electron chi connectivity index (χ1n) is 7.31. The summed E-state index contributed by atoms with van der Waals surface area (Å²) in [7, 11) is -7.05. The van der Waals surface area contributed by atoms with Gasteiger partial charge in [0.2, 0.25) is 10.0 Å². The Bertz CT molecular complexity index is 804. The van der Waals surface area contributed by atoms with Crippen molar-refractivity contribution in [2.45, 2.75) is 9.79 Å². The number of fused-ring (bicyclic) bond motifs is 1. The highest BCUT2D eigenvalue weighted by atomic mass is 32.2. The van der Waals surface area contributed by atoms with Crippen molar-refractivity contribution in [1.82, 2.24) is 9.62 Å². The normalized spacial score (nSPS) is 28.9. The molecule has 2 N–H and O–H groups in total. The van der Waals surface area contributed by atoms with E-state index in [1.165, 1.54) is 28.6 Å². The lowest BCUT2D eigenvalue weighted by Gasteiger charge is -2.25. The number of nitrogens with one attached hydrogen (secondary N) is 1. The van der Waals surface area contributed by atoms with Gasteiger partial charge in [0.15, 0.2) is 9.84 Å². The van der Waals surface area contributed by atoms with Crippen LogP contribution in [0.15, 0.2) is 34.1 Å². The van der Waals surface area contributed by atoms with Gasteiger partial charge in [0.1, 0.15) is 0 Å². The largest absolute Gasteiger partial charge is 0.396 e. The highest BCUT2D eigenvalue weighted by Gasteiger charge is 2.52. The first kappa shape index (κ1) is 16.8. The Balaban J connectivity index is 1.88. The van der Waals surface area contributed by atoms with Gasteiger partial charge in [0.05, 0.1) is 16.4 Å². The fourth-order valence-corrected chi connectivity index (χ4v) is 5.60. The summed E-state index contributed by atoms with van der Waals surface area (Å²) >= 11 is 0. The molecular formula is C14H20N2O5S2. The maximum atomic E-state index is 12.8. The second-order valence-electron chi connectivity index (χ2n) is 6.39. The van der Waals surface area contributed by atoms with Crippen molar-refractivity contribution in [2.24, 2.45) is 11.3 Å². The number of nitrogens with zero attached hydrogens (tertiary/aromatic N) is 1. The minimum atomic E-state index is -3.69. The van der Waals surface area contributed by atoms with Crippen LogP contribution in [-0.4, -0.2) is 65.3 Å². The van der Waals surface area contributed by atoms with Gasteiger partial charge < -0.3 is 10.4 Å². The summed E-state index contributed by atoms with van der Waals surface area (Å²) in [4.78, 5) is 0.164. The molecule has 0 aliphatic carbocycles. The summed E-state index contributed by atoms with van der Waals surface area (Å²) < 4.78 is 49.8. The van der Waals surface area contributed by atoms with E-state index in [-0.39, 0.29) is 28.9 Å². The maximum Gasteiger partial charge on any atom is 0.243 e. The fraction of sp³-hybridized carbons (Fsp3) is 0.571. The summed E-state index contributed by atoms with van der Waals surface area (Å²) in [6, 6.07) is 5.26. The standard InChI is InChI=1S/C14H20N2O5S2/c1-22(18,19)12-2-4-13(5-3-12)23(20,21)16-7-11-6-15-8-14(11,9-16)10-17/h2-5,11,15,17H,6-10H2,1H3. The second kappa shape index (κ2) is 5.52. The molecule has 0 amide bonds. The molecule has 0 saturated carbocycles. The van der Waals surface area contributed by atoms with E-state index in [1.54, 1.807) is 0 Å². The number of benzene rings is 1. The van der Waals surface area contributed by atoms with E-state index in [4.69, 9.17) is 0 Å². The summed E-state index contributed by atoms with van der Waals surface area (Å²) in [6.07, 6.45) is 1.08. The van der Waals surface area contributed by atoms with Crippen LogP contribution in [0.3, 0.4) is 0 Å². The Morgan fingerprint density at radius 3 is 2.35 bits per heavy atom. The average molecular weight is 360 g/mol. The number of rotatable bonds is 4. The highest BCUT2D eigenvalue weighted by Crippen LogP contribution is 2.40. The molecule has 9 heteroatoms. The van der Waals surface area contributed by atoms with Crippen molar-refractivity contribution in [2.75, 3.05) is 39.0 Å². The van der Waals surface area contributed by atoms with Gasteiger partial charge in [-0.1, -0.05) is 0 Å². The van der Waals surface area contributed by atoms with Gasteiger partial charge >= 0.3 is 0 Å². The Hall–Kier alpha value is -1.00. The summed E-state index contributed by atoms with van der Waals surface area (Å²) in [5.41, 5.74) is -0.417. The Morgan fingerprint density at radius 2 is 1.83 bits per heavy atom. The lowest BCUT2D eigenvalue weighted by Crippen LogP contribution is -2.37. The Labute approximate surface area is 136 Å². The smallest absolute Gasteiger partial charge is 0.243 e. The number of sulfonamides is 1. The third kappa shape index (κ3) is 2.80. The molecule has 23 heavy (non-hydrogen) atoms. The molecule has 2 atom stereocenters. The van der Waals surface area contributed by atoms with Gasteiger partial charge in [-0.2, -0.15) is 4.31 Å². The van der Waals surface area contributed by atoms with E-state index in [0.717, 1.165) is 6.26 Å². The molecule has 2 aliphatic rings. The molecule has 2 heterocycles. The van der Waals surface area contributed by atoms with Crippen molar-refractivity contribution in [3.63, 3.8) is 0 Å². The molecule has 2 aliphatic heterocycles. The molecule has 0 radical (unpaired) electrons. The SMILES string of the molecule is CS(=O)(=O)c1ccc(S(=O)(=O)N2CC3CNCC3(CO)C2)cc1. The molecule has 0 bridgehead atoms. The van der Waals surface area contributed by atoms with Crippen LogP contribution in [0.2, 0.25) is 0 Å². The van der Waals surface area contributed by atoms with Crippen LogP contribution in [0, 0.1) is 11.3 Å². The molecule has 0 spiro atoms. The second-order valence-corrected chi connectivity index (χ2v) is 10.3. The molecule has 2 fully saturated rings. The van der Waals surface area contributed by atoms with Gasteiger partial charge in [-0.15, -0.1) is 0 Å². The monoisotopic (exact) mass is 360 g/mol. The van der Waals surface area contributed by atoms with Crippen LogP contribution >= 0.6 is 0 Å². The molecule has 3 rings (SSSR count). The van der Waals surface area contributed by atoms with Gasteiger partial charge in [0.25, 0.3) is 0 Å². The Morgan fingerprint density at radius 1 is 1.22 bits per heavy atom. The molecule has 128 valence electrons. The van der Waals surface area contributed by atoms with E-state index in [0.29, 0.717) is 19.6 Å². The molecule has 1 aromatic rings. The first-order chi connectivity index (χ1) is 10.7. The predicted molar refractivity (Wildman–Crippen MR) is 84.2 cm³/mol. The van der Waals surface area contributed by atoms with Crippen molar-refractivity contribution in [1.29, 1.82) is 0 Å². The van der Waals surface area contributed by atoms with Crippen LogP contribution in [0.25, 0.3) is 0 Å². The van der Waals surface area contributed by atoms with Crippen LogP contribution in [0.1, 0.15) is 0 Å². The van der Waals surface area contributed by atoms with Gasteiger partial charge in [-0.05, 0) is 36.7 Å². The first-order valence-corrected chi connectivity index (χ1v) is 10.6. The van der Waals surface area contributed by atoms with E-state index in [2.05, 4.69) is 5.32 Å². The third-order valence-corrected chi connectivity index (χ3v) is 7.81. The fourth-order valence-electron chi connectivity index (χ4n) is 3.39. The number of sulfone groups is 1. The van der Waals surface area contributed by atoms with Crippen LogP contribution < -0.4 is 5.32 Å². The number of hydrogen-bond donors (Lipinski definition) is 2. The van der Waals surface area contributed by atoms with E-state index < -0.39 is 25.3 Å². The van der Waals surface area contributed by atoms with E-state index in [9.17, 15) is 21.9 Å². The minimum absolute atomic E-state index is 0.0519. The zero-order valence-electron chi connectivity index (χ0n) is 12.8. The lowest BCUT2D eigenvalue weighted by atomic mass is 9.82. The van der Waals surface area contributed by atoms with Crippen LogP contribution in [0.4, 0.5) is 0 Å². The Kier molecular flexibility index (Phi) is 4.04. The van der Waals surface area contributed by atoms with Crippen molar-refractivity contribution < 1.29 is 21.9 Å². The van der Waals surface area contributed by atoms with Crippen LogP contribution in [-0.2, 0) is 19.9 Å². The zero-order chi connectivity index (χ0) is 16.9. The molecule has 2 unspecified atom stereocenters. The van der Waals surface area contributed by atoms with Gasteiger partial charge in [-0.3, -0.25) is 0 Å². The molecule has 1 aromatic carbocycles. The lowest BCUT2D eigenvalue weighted by molar-refractivity contribution is 0.130. The minimum Gasteiger partial charge on any atom is -0.396 e. The molecule has 7 nitrogen and oxygen atoms in total. The summed E-state index contributed by atoms with van der Waals surface area (Å²) in [5, 5.41) is 12.9. The zero-order valence-corrected chi connectivity index (χ0v) is 14.4. The third-order valence-electron chi connectivity index (χ3n) is 4.85. The molecular weight excluding hydrogens is 340 g/mol. The summed E-state index contributed by atoms with van der Waals surface area (Å²) in [5.74, 6) is 0.0950. The van der Waals surface area contributed by atoms with Gasteiger partial charge in [-0.25, -0.2) is 16.8 Å².